The molecule has 0 aliphatic carbocycles. The van der Waals surface area contributed by atoms with Gasteiger partial charge in [0.05, 0.1) is 18.8 Å². The van der Waals surface area contributed by atoms with Crippen molar-refractivity contribution in [3.8, 4) is 0 Å². The van der Waals surface area contributed by atoms with Crippen LogP contribution >= 0.6 is 0 Å². The Bertz CT molecular complexity index is 657. The SMILES string of the molecule is O=C(Nc1cccc(C2OCCO2)c1)c1cccnc1F. The second-order valence-corrected chi connectivity index (χ2v) is 4.49. The van der Waals surface area contributed by atoms with Gasteiger partial charge < -0.3 is 14.8 Å². The normalized spacial score (nSPS) is 15.1. The van der Waals surface area contributed by atoms with Crippen molar-refractivity contribution < 1.29 is 18.7 Å². The van der Waals surface area contributed by atoms with Crippen LogP contribution < -0.4 is 5.32 Å². The second kappa shape index (κ2) is 5.99. The van der Waals surface area contributed by atoms with Gasteiger partial charge in [0.15, 0.2) is 6.29 Å². The minimum Gasteiger partial charge on any atom is -0.346 e. The molecule has 0 spiro atoms. The van der Waals surface area contributed by atoms with Gasteiger partial charge >= 0.3 is 0 Å². The van der Waals surface area contributed by atoms with Crippen LogP contribution in [0.3, 0.4) is 0 Å². The summed E-state index contributed by atoms with van der Waals surface area (Å²) in [5.41, 5.74) is 1.24. The molecule has 2 heterocycles. The molecule has 21 heavy (non-hydrogen) atoms. The number of hydrogen-bond donors (Lipinski definition) is 1. The smallest absolute Gasteiger partial charge is 0.260 e. The Labute approximate surface area is 120 Å². The Hall–Kier alpha value is -2.31. The fourth-order valence-corrected chi connectivity index (χ4v) is 2.07. The van der Waals surface area contributed by atoms with Gasteiger partial charge in [-0.05, 0) is 24.3 Å². The average molecular weight is 288 g/mol. The first kappa shape index (κ1) is 13.7. The molecule has 1 aromatic heterocycles. The molecule has 1 N–H and O–H groups in total. The number of pyridine rings is 1. The maximum atomic E-state index is 13.5. The van der Waals surface area contributed by atoms with E-state index in [4.69, 9.17) is 9.47 Å². The molecule has 1 fully saturated rings. The van der Waals surface area contributed by atoms with Crippen LogP contribution in [0.5, 0.6) is 0 Å². The molecule has 1 amide bonds. The Morgan fingerprint density at radius 3 is 2.81 bits per heavy atom. The summed E-state index contributed by atoms with van der Waals surface area (Å²) >= 11 is 0. The largest absolute Gasteiger partial charge is 0.346 e. The van der Waals surface area contributed by atoms with Crippen LogP contribution in [0.25, 0.3) is 0 Å². The molecule has 0 saturated carbocycles. The van der Waals surface area contributed by atoms with Gasteiger partial charge in [0.2, 0.25) is 5.95 Å². The molecule has 0 bridgehead atoms. The fourth-order valence-electron chi connectivity index (χ4n) is 2.07. The van der Waals surface area contributed by atoms with Crippen molar-refractivity contribution in [2.24, 2.45) is 0 Å². The first-order chi connectivity index (χ1) is 10.2. The number of halogens is 1. The lowest BCUT2D eigenvalue weighted by atomic mass is 10.2. The third-order valence-electron chi connectivity index (χ3n) is 3.04. The molecular formula is C15H13FN2O3. The van der Waals surface area contributed by atoms with E-state index in [0.29, 0.717) is 18.9 Å². The van der Waals surface area contributed by atoms with Gasteiger partial charge in [0.25, 0.3) is 5.91 Å². The highest BCUT2D eigenvalue weighted by Crippen LogP contribution is 2.25. The topological polar surface area (TPSA) is 60.5 Å². The lowest BCUT2D eigenvalue weighted by Gasteiger charge is -2.11. The zero-order chi connectivity index (χ0) is 14.7. The zero-order valence-electron chi connectivity index (χ0n) is 11.1. The predicted molar refractivity (Wildman–Crippen MR) is 73.2 cm³/mol. The molecule has 1 aliphatic heterocycles. The standard InChI is InChI=1S/C15H13FN2O3/c16-13-12(5-2-6-17-13)14(19)18-11-4-1-3-10(9-11)15-20-7-8-21-15/h1-6,9,15H,7-8H2,(H,18,19). The second-order valence-electron chi connectivity index (χ2n) is 4.49. The maximum Gasteiger partial charge on any atom is 0.260 e. The number of nitrogens with one attached hydrogen (secondary N) is 1. The molecule has 2 aromatic rings. The van der Waals surface area contributed by atoms with Gasteiger partial charge in [-0.25, -0.2) is 4.98 Å². The van der Waals surface area contributed by atoms with E-state index in [9.17, 15) is 9.18 Å². The summed E-state index contributed by atoms with van der Waals surface area (Å²) in [5, 5.41) is 2.63. The van der Waals surface area contributed by atoms with E-state index in [1.165, 1.54) is 18.3 Å². The van der Waals surface area contributed by atoms with Crippen LogP contribution in [0.4, 0.5) is 10.1 Å². The molecule has 6 heteroatoms. The summed E-state index contributed by atoms with van der Waals surface area (Å²) in [6.07, 6.45) is 0.874. The third kappa shape index (κ3) is 3.07. The lowest BCUT2D eigenvalue weighted by Crippen LogP contribution is -2.14. The highest BCUT2D eigenvalue weighted by molar-refractivity contribution is 6.04. The number of carbonyl (C=O) groups excluding carboxylic acids is 1. The number of rotatable bonds is 3. The van der Waals surface area contributed by atoms with E-state index in [-0.39, 0.29) is 5.56 Å². The number of benzene rings is 1. The van der Waals surface area contributed by atoms with E-state index >= 15 is 0 Å². The highest BCUT2D eigenvalue weighted by Gasteiger charge is 2.19. The molecule has 108 valence electrons. The van der Waals surface area contributed by atoms with Crippen LogP contribution in [-0.2, 0) is 9.47 Å². The van der Waals surface area contributed by atoms with E-state index in [1.807, 2.05) is 6.07 Å². The van der Waals surface area contributed by atoms with Crippen molar-refractivity contribution >= 4 is 11.6 Å². The Morgan fingerprint density at radius 2 is 2.05 bits per heavy atom. The van der Waals surface area contributed by atoms with Gasteiger partial charge in [-0.1, -0.05) is 12.1 Å². The van der Waals surface area contributed by atoms with Gasteiger partial charge in [0, 0.05) is 17.4 Å². The predicted octanol–water partition coefficient (Wildman–Crippen LogP) is 2.52. The van der Waals surface area contributed by atoms with Crippen molar-refractivity contribution in [2.75, 3.05) is 18.5 Å². The number of nitrogens with zero attached hydrogens (tertiary/aromatic N) is 1. The first-order valence-electron chi connectivity index (χ1n) is 6.49. The molecule has 1 saturated heterocycles. The molecule has 1 aliphatic rings. The molecule has 0 radical (unpaired) electrons. The monoisotopic (exact) mass is 288 g/mol. The van der Waals surface area contributed by atoms with Crippen molar-refractivity contribution in [3.63, 3.8) is 0 Å². The number of carbonyl (C=O) groups is 1. The van der Waals surface area contributed by atoms with Crippen LogP contribution in [0.2, 0.25) is 0 Å². The molecular weight excluding hydrogens is 275 g/mol. The number of amides is 1. The first-order valence-corrected chi connectivity index (χ1v) is 6.49. The molecule has 3 rings (SSSR count). The quantitative estimate of drug-likeness (QED) is 0.882. The van der Waals surface area contributed by atoms with Crippen molar-refractivity contribution in [3.05, 3.63) is 59.7 Å². The van der Waals surface area contributed by atoms with E-state index in [2.05, 4.69) is 10.3 Å². The number of hydrogen-bond acceptors (Lipinski definition) is 4. The molecule has 0 atom stereocenters. The molecule has 5 nitrogen and oxygen atoms in total. The summed E-state index contributed by atoms with van der Waals surface area (Å²) in [6.45, 7) is 1.09. The minimum absolute atomic E-state index is 0.101. The van der Waals surface area contributed by atoms with E-state index < -0.39 is 18.1 Å². The zero-order valence-corrected chi connectivity index (χ0v) is 11.1. The van der Waals surface area contributed by atoms with E-state index in [1.54, 1.807) is 18.2 Å². The maximum absolute atomic E-state index is 13.5. The van der Waals surface area contributed by atoms with Gasteiger partial charge in [-0.3, -0.25) is 4.79 Å². The van der Waals surface area contributed by atoms with Crippen LogP contribution in [-0.4, -0.2) is 24.1 Å². The summed E-state index contributed by atoms with van der Waals surface area (Å²) in [4.78, 5) is 15.5. The molecule has 1 aromatic carbocycles. The average Bonchev–Trinajstić information content (AvgIpc) is 3.02. The van der Waals surface area contributed by atoms with Crippen LogP contribution in [0.1, 0.15) is 22.2 Å². The van der Waals surface area contributed by atoms with Crippen LogP contribution in [0, 0.1) is 5.95 Å². The van der Waals surface area contributed by atoms with Crippen LogP contribution in [0.15, 0.2) is 42.6 Å². The van der Waals surface area contributed by atoms with Crippen molar-refractivity contribution in [1.82, 2.24) is 4.98 Å². The lowest BCUT2D eigenvalue weighted by molar-refractivity contribution is -0.0440. The van der Waals surface area contributed by atoms with Crippen molar-refractivity contribution in [1.29, 1.82) is 0 Å². The van der Waals surface area contributed by atoms with Gasteiger partial charge in [-0.2, -0.15) is 4.39 Å². The van der Waals surface area contributed by atoms with Gasteiger partial charge in [0.1, 0.15) is 0 Å². The Balaban J connectivity index is 1.77. The number of ether oxygens (including phenoxy) is 2. The van der Waals surface area contributed by atoms with Crippen molar-refractivity contribution in [2.45, 2.75) is 6.29 Å². The molecule has 0 unspecified atom stereocenters. The number of anilines is 1. The summed E-state index contributed by atoms with van der Waals surface area (Å²) < 4.78 is 24.3. The fraction of sp³-hybridized carbons (Fsp3) is 0.200. The van der Waals surface area contributed by atoms with E-state index in [0.717, 1.165) is 5.56 Å². The Kier molecular flexibility index (Phi) is 3.89. The highest BCUT2D eigenvalue weighted by atomic mass is 19.1. The third-order valence-corrected chi connectivity index (χ3v) is 3.04. The minimum atomic E-state index is -0.798. The van der Waals surface area contributed by atoms with Gasteiger partial charge in [-0.15, -0.1) is 0 Å². The summed E-state index contributed by atoms with van der Waals surface area (Å²) in [5.74, 6) is -1.35. The summed E-state index contributed by atoms with van der Waals surface area (Å²) in [7, 11) is 0. The number of aromatic nitrogens is 1. The Morgan fingerprint density at radius 1 is 1.24 bits per heavy atom. The summed E-state index contributed by atoms with van der Waals surface area (Å²) in [6, 6.07) is 9.96.